The average molecular weight is 254 g/mol. The number of ether oxygens (including phenoxy) is 1. The zero-order valence-electron chi connectivity index (χ0n) is 12.1. The molecule has 2 fully saturated rings. The van der Waals surface area contributed by atoms with E-state index in [4.69, 9.17) is 4.74 Å². The SMILES string of the molecule is CCCNC1COCC1CNC1(C)CCCCC1. The van der Waals surface area contributed by atoms with Crippen molar-refractivity contribution in [2.75, 3.05) is 26.3 Å². The molecule has 3 heteroatoms. The molecular formula is C15H30N2O. The lowest BCUT2D eigenvalue weighted by molar-refractivity contribution is 0.177. The first-order valence-corrected chi connectivity index (χ1v) is 7.80. The first-order chi connectivity index (χ1) is 8.73. The van der Waals surface area contributed by atoms with E-state index in [-0.39, 0.29) is 0 Å². The fraction of sp³-hybridized carbons (Fsp3) is 1.00. The Bertz CT molecular complexity index is 239. The average Bonchev–Trinajstić information content (AvgIpc) is 2.82. The van der Waals surface area contributed by atoms with Crippen LogP contribution in [0.4, 0.5) is 0 Å². The van der Waals surface area contributed by atoms with Gasteiger partial charge in [0.1, 0.15) is 0 Å². The van der Waals surface area contributed by atoms with Gasteiger partial charge in [0.15, 0.2) is 0 Å². The minimum Gasteiger partial charge on any atom is -0.379 e. The number of hydrogen-bond donors (Lipinski definition) is 2. The van der Waals surface area contributed by atoms with E-state index in [9.17, 15) is 0 Å². The molecule has 0 spiro atoms. The zero-order valence-corrected chi connectivity index (χ0v) is 12.1. The van der Waals surface area contributed by atoms with Crippen LogP contribution in [-0.2, 0) is 4.74 Å². The molecule has 2 atom stereocenters. The monoisotopic (exact) mass is 254 g/mol. The second-order valence-electron chi connectivity index (χ2n) is 6.36. The predicted molar refractivity (Wildman–Crippen MR) is 75.9 cm³/mol. The molecule has 2 aliphatic rings. The van der Waals surface area contributed by atoms with Crippen molar-refractivity contribution in [1.82, 2.24) is 10.6 Å². The van der Waals surface area contributed by atoms with E-state index in [1.165, 1.54) is 38.5 Å². The van der Waals surface area contributed by atoms with E-state index in [2.05, 4.69) is 24.5 Å². The van der Waals surface area contributed by atoms with Crippen LogP contribution in [0.5, 0.6) is 0 Å². The highest BCUT2D eigenvalue weighted by Crippen LogP contribution is 2.28. The maximum atomic E-state index is 5.64. The van der Waals surface area contributed by atoms with Gasteiger partial charge < -0.3 is 15.4 Å². The molecule has 3 nitrogen and oxygen atoms in total. The van der Waals surface area contributed by atoms with Gasteiger partial charge in [0.25, 0.3) is 0 Å². The molecule has 0 aromatic rings. The Morgan fingerprint density at radius 1 is 1.17 bits per heavy atom. The summed E-state index contributed by atoms with van der Waals surface area (Å²) in [7, 11) is 0. The molecule has 1 heterocycles. The van der Waals surface area contributed by atoms with Crippen LogP contribution in [0.3, 0.4) is 0 Å². The zero-order chi connectivity index (χ0) is 12.8. The maximum Gasteiger partial charge on any atom is 0.0623 e. The van der Waals surface area contributed by atoms with Crippen LogP contribution in [-0.4, -0.2) is 37.9 Å². The van der Waals surface area contributed by atoms with Gasteiger partial charge in [0.2, 0.25) is 0 Å². The van der Waals surface area contributed by atoms with Crippen LogP contribution in [0, 0.1) is 5.92 Å². The highest BCUT2D eigenvalue weighted by atomic mass is 16.5. The Hall–Kier alpha value is -0.120. The summed E-state index contributed by atoms with van der Waals surface area (Å²) in [6.45, 7) is 8.66. The van der Waals surface area contributed by atoms with Crippen LogP contribution >= 0.6 is 0 Å². The normalized spacial score (nSPS) is 31.7. The molecule has 2 N–H and O–H groups in total. The molecule has 2 rings (SSSR count). The summed E-state index contributed by atoms with van der Waals surface area (Å²) in [5.41, 5.74) is 0.385. The molecule has 0 aromatic carbocycles. The molecule has 18 heavy (non-hydrogen) atoms. The summed E-state index contributed by atoms with van der Waals surface area (Å²) >= 11 is 0. The van der Waals surface area contributed by atoms with Gasteiger partial charge in [-0.3, -0.25) is 0 Å². The van der Waals surface area contributed by atoms with Crippen molar-refractivity contribution in [3.05, 3.63) is 0 Å². The van der Waals surface area contributed by atoms with E-state index in [0.717, 1.165) is 26.3 Å². The fourth-order valence-electron chi connectivity index (χ4n) is 3.24. The van der Waals surface area contributed by atoms with Crippen molar-refractivity contribution in [3.63, 3.8) is 0 Å². The Kier molecular flexibility index (Phi) is 5.46. The van der Waals surface area contributed by atoms with Gasteiger partial charge in [-0.2, -0.15) is 0 Å². The summed E-state index contributed by atoms with van der Waals surface area (Å²) in [4.78, 5) is 0. The summed E-state index contributed by atoms with van der Waals surface area (Å²) in [5, 5.41) is 7.44. The number of nitrogens with one attached hydrogen (secondary N) is 2. The van der Waals surface area contributed by atoms with Crippen molar-refractivity contribution in [1.29, 1.82) is 0 Å². The van der Waals surface area contributed by atoms with E-state index < -0.39 is 0 Å². The number of rotatable bonds is 6. The molecule has 1 aliphatic carbocycles. The topological polar surface area (TPSA) is 33.3 Å². The van der Waals surface area contributed by atoms with Crippen molar-refractivity contribution < 1.29 is 4.74 Å². The lowest BCUT2D eigenvalue weighted by atomic mass is 9.83. The molecule has 2 unspecified atom stereocenters. The van der Waals surface area contributed by atoms with Crippen LogP contribution in [0.1, 0.15) is 52.4 Å². The lowest BCUT2D eigenvalue weighted by Crippen LogP contribution is -2.49. The van der Waals surface area contributed by atoms with Crippen molar-refractivity contribution in [2.24, 2.45) is 5.92 Å². The summed E-state index contributed by atoms with van der Waals surface area (Å²) in [6, 6.07) is 0.560. The third-order valence-corrected chi connectivity index (χ3v) is 4.60. The Morgan fingerprint density at radius 3 is 2.67 bits per heavy atom. The quantitative estimate of drug-likeness (QED) is 0.763. The summed E-state index contributed by atoms with van der Waals surface area (Å²) < 4.78 is 5.64. The van der Waals surface area contributed by atoms with Gasteiger partial charge in [-0.1, -0.05) is 26.2 Å². The van der Waals surface area contributed by atoms with Crippen LogP contribution in [0.2, 0.25) is 0 Å². The third kappa shape index (κ3) is 3.94. The Labute approximate surface area is 112 Å². The lowest BCUT2D eigenvalue weighted by Gasteiger charge is -2.36. The van der Waals surface area contributed by atoms with E-state index >= 15 is 0 Å². The van der Waals surface area contributed by atoms with Gasteiger partial charge in [-0.25, -0.2) is 0 Å². The van der Waals surface area contributed by atoms with Crippen LogP contribution < -0.4 is 10.6 Å². The molecule has 1 aliphatic heterocycles. The Morgan fingerprint density at radius 2 is 1.94 bits per heavy atom. The van der Waals surface area contributed by atoms with E-state index in [1.54, 1.807) is 0 Å². The summed E-state index contributed by atoms with van der Waals surface area (Å²) in [5.74, 6) is 0.648. The molecule has 106 valence electrons. The van der Waals surface area contributed by atoms with E-state index in [1.807, 2.05) is 0 Å². The first kappa shape index (κ1) is 14.3. The van der Waals surface area contributed by atoms with Crippen molar-refractivity contribution in [3.8, 4) is 0 Å². The smallest absolute Gasteiger partial charge is 0.0623 e. The molecule has 0 aromatic heterocycles. The largest absolute Gasteiger partial charge is 0.379 e. The van der Waals surface area contributed by atoms with Gasteiger partial charge in [-0.05, 0) is 32.7 Å². The summed E-state index contributed by atoms with van der Waals surface area (Å²) in [6.07, 6.45) is 8.09. The second-order valence-corrected chi connectivity index (χ2v) is 6.36. The minimum absolute atomic E-state index is 0.385. The second kappa shape index (κ2) is 6.88. The van der Waals surface area contributed by atoms with Gasteiger partial charge >= 0.3 is 0 Å². The van der Waals surface area contributed by atoms with Crippen LogP contribution in [0.15, 0.2) is 0 Å². The van der Waals surface area contributed by atoms with Crippen LogP contribution in [0.25, 0.3) is 0 Å². The molecule has 0 bridgehead atoms. The highest BCUT2D eigenvalue weighted by Gasteiger charge is 2.31. The standard InChI is InChI=1S/C15H30N2O/c1-3-9-16-14-12-18-11-13(14)10-17-15(2)7-5-4-6-8-15/h13-14,16-17H,3-12H2,1-2H3. The molecule has 1 saturated heterocycles. The van der Waals surface area contributed by atoms with Gasteiger partial charge in [-0.15, -0.1) is 0 Å². The molecule has 1 saturated carbocycles. The van der Waals surface area contributed by atoms with Crippen molar-refractivity contribution in [2.45, 2.75) is 64.0 Å². The van der Waals surface area contributed by atoms with E-state index in [0.29, 0.717) is 17.5 Å². The van der Waals surface area contributed by atoms with Gasteiger partial charge in [0, 0.05) is 24.0 Å². The molecule has 0 amide bonds. The Balaban J connectivity index is 1.74. The molecule has 0 radical (unpaired) electrons. The molecular weight excluding hydrogens is 224 g/mol. The maximum absolute atomic E-state index is 5.64. The predicted octanol–water partition coefficient (Wildman–Crippen LogP) is 2.31. The minimum atomic E-state index is 0.385. The van der Waals surface area contributed by atoms with Gasteiger partial charge in [0.05, 0.1) is 13.2 Å². The third-order valence-electron chi connectivity index (χ3n) is 4.60. The fourth-order valence-corrected chi connectivity index (χ4v) is 3.24. The first-order valence-electron chi connectivity index (χ1n) is 7.80. The number of hydrogen-bond acceptors (Lipinski definition) is 3. The van der Waals surface area contributed by atoms with Crippen molar-refractivity contribution >= 4 is 0 Å². The highest BCUT2D eigenvalue weighted by molar-refractivity contribution is 4.90.